The van der Waals surface area contributed by atoms with Crippen molar-refractivity contribution in [2.75, 3.05) is 12.3 Å². The summed E-state index contributed by atoms with van der Waals surface area (Å²) in [4.78, 5) is 14.9. The molecular weight excluding hydrogens is 238 g/mol. The lowest BCUT2D eigenvalue weighted by atomic mass is 10.1. The van der Waals surface area contributed by atoms with Crippen molar-refractivity contribution in [3.05, 3.63) is 33.1 Å². The molecule has 0 aliphatic heterocycles. The molecule has 17 heavy (non-hydrogen) atoms. The first-order chi connectivity index (χ1) is 8.07. The molecule has 0 aliphatic rings. The molecule has 0 aliphatic carbocycles. The van der Waals surface area contributed by atoms with Gasteiger partial charge in [-0.3, -0.25) is 15.1 Å². The maximum Gasteiger partial charge on any atom is 0.278 e. The monoisotopic (exact) mass is 255 g/mol. The number of rotatable bonds is 6. The van der Waals surface area contributed by atoms with Crippen molar-refractivity contribution in [3.8, 4) is 0 Å². The van der Waals surface area contributed by atoms with E-state index in [2.05, 4.69) is 4.98 Å². The number of aromatic nitrogens is 1. The van der Waals surface area contributed by atoms with Crippen LogP contribution in [0, 0.1) is 24.0 Å². The summed E-state index contributed by atoms with van der Waals surface area (Å²) in [7, 11) is 0. The largest absolute Gasteiger partial charge is 0.330 e. The van der Waals surface area contributed by atoms with Gasteiger partial charge in [0, 0.05) is 23.1 Å². The Kier molecular flexibility index (Phi) is 5.37. The van der Waals surface area contributed by atoms with Crippen LogP contribution in [-0.4, -0.2) is 22.2 Å². The highest BCUT2D eigenvalue weighted by atomic mass is 32.2. The molecule has 1 aromatic rings. The quantitative estimate of drug-likeness (QED) is 0.478. The molecular formula is C11H17N3O2S. The van der Waals surface area contributed by atoms with E-state index in [-0.39, 0.29) is 10.6 Å². The zero-order chi connectivity index (χ0) is 12.8. The summed E-state index contributed by atoms with van der Waals surface area (Å²) in [6.45, 7) is 4.15. The Morgan fingerprint density at radius 2 is 2.24 bits per heavy atom. The van der Waals surface area contributed by atoms with Gasteiger partial charge < -0.3 is 5.73 Å². The normalized spacial score (nSPS) is 10.5. The first-order valence-electron chi connectivity index (χ1n) is 5.45. The molecule has 0 radical (unpaired) electrons. The minimum atomic E-state index is -0.333. The van der Waals surface area contributed by atoms with Crippen LogP contribution < -0.4 is 5.73 Å². The summed E-state index contributed by atoms with van der Waals surface area (Å²) in [5.74, 6) is 1.66. The van der Waals surface area contributed by atoms with Crippen LogP contribution in [0.2, 0.25) is 0 Å². The number of nitrogens with two attached hydrogens (primary N) is 1. The van der Waals surface area contributed by atoms with Gasteiger partial charge in [0.25, 0.3) is 5.69 Å². The molecule has 6 heteroatoms. The molecule has 0 amide bonds. The van der Waals surface area contributed by atoms with Gasteiger partial charge in [-0.2, -0.15) is 11.8 Å². The minimum absolute atomic E-state index is 0.189. The first-order valence-corrected chi connectivity index (χ1v) is 6.60. The lowest BCUT2D eigenvalue weighted by Gasteiger charge is -2.07. The van der Waals surface area contributed by atoms with Crippen LogP contribution in [0.5, 0.6) is 0 Å². The highest BCUT2D eigenvalue weighted by Crippen LogP contribution is 2.26. The van der Waals surface area contributed by atoms with E-state index in [1.165, 1.54) is 0 Å². The summed E-state index contributed by atoms with van der Waals surface area (Å²) < 4.78 is 0. The van der Waals surface area contributed by atoms with Crippen LogP contribution in [0.4, 0.5) is 5.69 Å². The van der Waals surface area contributed by atoms with E-state index < -0.39 is 0 Å². The average molecular weight is 255 g/mol. The molecule has 0 atom stereocenters. The topological polar surface area (TPSA) is 82.0 Å². The molecule has 2 N–H and O–H groups in total. The fourth-order valence-corrected chi connectivity index (χ4v) is 2.55. The third-order valence-corrected chi connectivity index (χ3v) is 3.54. The van der Waals surface area contributed by atoms with E-state index in [9.17, 15) is 10.1 Å². The number of hydrogen-bond donors (Lipinski definition) is 1. The SMILES string of the molecule is Cc1cnc(CSCCCN)c(C)c1[N+](=O)[O-]. The lowest BCUT2D eigenvalue weighted by Crippen LogP contribution is -2.02. The molecule has 0 fully saturated rings. The fraction of sp³-hybridized carbons (Fsp3) is 0.545. The van der Waals surface area contributed by atoms with Crippen molar-refractivity contribution >= 4 is 17.4 Å². The Hall–Kier alpha value is -1.14. The Morgan fingerprint density at radius 1 is 1.53 bits per heavy atom. The zero-order valence-corrected chi connectivity index (χ0v) is 10.9. The van der Waals surface area contributed by atoms with Crippen molar-refractivity contribution < 1.29 is 4.92 Å². The van der Waals surface area contributed by atoms with Gasteiger partial charge in [0.1, 0.15) is 0 Å². The van der Waals surface area contributed by atoms with Gasteiger partial charge in [-0.1, -0.05) is 0 Å². The summed E-state index contributed by atoms with van der Waals surface area (Å²) in [6, 6.07) is 0. The zero-order valence-electron chi connectivity index (χ0n) is 10.1. The predicted molar refractivity (Wildman–Crippen MR) is 70.2 cm³/mol. The third kappa shape index (κ3) is 3.67. The summed E-state index contributed by atoms with van der Waals surface area (Å²) in [5.41, 5.74) is 7.68. The second kappa shape index (κ2) is 6.56. The molecule has 5 nitrogen and oxygen atoms in total. The third-order valence-electron chi connectivity index (χ3n) is 2.49. The molecule has 0 bridgehead atoms. The molecule has 0 saturated carbocycles. The maximum atomic E-state index is 10.9. The van der Waals surface area contributed by atoms with Crippen molar-refractivity contribution in [1.29, 1.82) is 0 Å². The number of hydrogen-bond acceptors (Lipinski definition) is 5. The highest BCUT2D eigenvalue weighted by molar-refractivity contribution is 7.98. The number of thioether (sulfide) groups is 1. The molecule has 1 heterocycles. The molecule has 0 saturated heterocycles. The van der Waals surface area contributed by atoms with Crippen molar-refractivity contribution in [1.82, 2.24) is 4.98 Å². The van der Waals surface area contributed by atoms with Gasteiger partial charge in [-0.05, 0) is 32.6 Å². The van der Waals surface area contributed by atoms with Gasteiger partial charge in [0.15, 0.2) is 0 Å². The number of nitrogens with zero attached hydrogens (tertiary/aromatic N) is 2. The number of pyridine rings is 1. The van der Waals surface area contributed by atoms with E-state index in [1.54, 1.807) is 31.8 Å². The molecule has 0 spiro atoms. The van der Waals surface area contributed by atoms with Gasteiger partial charge in [0.2, 0.25) is 0 Å². The summed E-state index contributed by atoms with van der Waals surface area (Å²) >= 11 is 1.71. The fourth-order valence-electron chi connectivity index (χ4n) is 1.55. The first kappa shape index (κ1) is 13.9. The predicted octanol–water partition coefficient (Wildman–Crippen LogP) is 2.19. The number of nitro groups is 1. The van der Waals surface area contributed by atoms with Crippen LogP contribution in [-0.2, 0) is 5.75 Å². The maximum absolute atomic E-state index is 10.9. The van der Waals surface area contributed by atoms with E-state index in [0.29, 0.717) is 23.4 Å². The van der Waals surface area contributed by atoms with Crippen molar-refractivity contribution in [2.24, 2.45) is 5.73 Å². The van der Waals surface area contributed by atoms with Gasteiger partial charge >= 0.3 is 0 Å². The van der Waals surface area contributed by atoms with Gasteiger partial charge in [-0.25, -0.2) is 0 Å². The Labute approximate surface area is 105 Å². The Balaban J connectivity index is 2.80. The van der Waals surface area contributed by atoms with Crippen LogP contribution in [0.25, 0.3) is 0 Å². The number of aryl methyl sites for hydroxylation is 1. The lowest BCUT2D eigenvalue weighted by molar-refractivity contribution is -0.386. The summed E-state index contributed by atoms with van der Waals surface area (Å²) in [6.07, 6.45) is 2.53. The van der Waals surface area contributed by atoms with Crippen LogP contribution in [0.15, 0.2) is 6.20 Å². The van der Waals surface area contributed by atoms with E-state index in [0.717, 1.165) is 17.9 Å². The molecule has 0 unspecified atom stereocenters. The Morgan fingerprint density at radius 3 is 2.82 bits per heavy atom. The second-order valence-corrected chi connectivity index (χ2v) is 4.92. The van der Waals surface area contributed by atoms with Crippen LogP contribution in [0.3, 0.4) is 0 Å². The van der Waals surface area contributed by atoms with E-state index in [4.69, 9.17) is 5.73 Å². The average Bonchev–Trinajstić information content (AvgIpc) is 2.26. The molecule has 0 aromatic carbocycles. The second-order valence-electron chi connectivity index (χ2n) is 3.81. The van der Waals surface area contributed by atoms with E-state index >= 15 is 0 Å². The van der Waals surface area contributed by atoms with Crippen LogP contribution >= 0.6 is 11.8 Å². The highest BCUT2D eigenvalue weighted by Gasteiger charge is 2.18. The summed E-state index contributed by atoms with van der Waals surface area (Å²) in [5, 5.41) is 10.9. The molecule has 94 valence electrons. The minimum Gasteiger partial charge on any atom is -0.330 e. The van der Waals surface area contributed by atoms with Crippen LogP contribution in [0.1, 0.15) is 23.2 Å². The van der Waals surface area contributed by atoms with Gasteiger partial charge in [-0.15, -0.1) is 0 Å². The standard InChI is InChI=1S/C11H17N3O2S/c1-8-6-13-10(7-17-5-3-4-12)9(2)11(8)14(15)16/h6H,3-5,7,12H2,1-2H3. The smallest absolute Gasteiger partial charge is 0.278 e. The van der Waals surface area contributed by atoms with Gasteiger partial charge in [0.05, 0.1) is 10.6 Å². The van der Waals surface area contributed by atoms with Crippen molar-refractivity contribution in [3.63, 3.8) is 0 Å². The van der Waals surface area contributed by atoms with Crippen molar-refractivity contribution in [2.45, 2.75) is 26.0 Å². The molecule has 1 aromatic heterocycles. The molecule has 1 rings (SSSR count). The van der Waals surface area contributed by atoms with E-state index in [1.807, 2.05) is 0 Å². The Bertz CT molecular complexity index is 410.